The minimum Gasteiger partial charge on any atom is -0.429 e. The smallest absolute Gasteiger partial charge is 0.414 e. The van der Waals surface area contributed by atoms with Crippen molar-refractivity contribution in [3.05, 3.63) is 40.4 Å². The first kappa shape index (κ1) is 13.9. The molecule has 0 unspecified atom stereocenters. The van der Waals surface area contributed by atoms with Gasteiger partial charge < -0.3 is 19.0 Å². The number of carbonyl (C=O) groups is 1. The molecule has 0 radical (unpaired) electrons. The molecule has 3 rings (SSSR count). The fourth-order valence-electron chi connectivity index (χ4n) is 2.57. The summed E-state index contributed by atoms with van der Waals surface area (Å²) in [4.78, 5) is 17.1. The first-order valence-corrected chi connectivity index (χ1v) is 7.20. The minimum atomic E-state index is -0.335. The van der Waals surface area contributed by atoms with Gasteiger partial charge in [0.1, 0.15) is 0 Å². The van der Waals surface area contributed by atoms with E-state index < -0.39 is 0 Å². The molecule has 1 N–H and O–H groups in total. The number of oxazole rings is 1. The molecule has 1 aliphatic heterocycles. The number of aromatic nitrogens is 1. The average molecular weight is 304 g/mol. The molecule has 0 bridgehead atoms. The Morgan fingerprint density at radius 2 is 2.05 bits per heavy atom. The maximum Gasteiger partial charge on any atom is 0.414 e. The quantitative estimate of drug-likeness (QED) is 0.646. The maximum atomic E-state index is 11.9. The lowest BCUT2D eigenvalue weighted by Crippen LogP contribution is -2.33. The highest BCUT2D eigenvalue weighted by atomic mass is 32.1. The van der Waals surface area contributed by atoms with Crippen molar-refractivity contribution in [2.24, 2.45) is 0 Å². The summed E-state index contributed by atoms with van der Waals surface area (Å²) in [5, 5.41) is 0. The third-order valence-corrected chi connectivity index (χ3v) is 3.75. The molecule has 2 heterocycles. The normalized spacial score (nSPS) is 14.6. The maximum absolute atomic E-state index is 11.9. The second kappa shape index (κ2) is 5.37. The Hall–Kier alpha value is -2.08. The van der Waals surface area contributed by atoms with Crippen molar-refractivity contribution in [3.63, 3.8) is 0 Å². The topological polar surface area (TPSA) is 58.5 Å². The van der Waals surface area contributed by atoms with E-state index in [0.717, 1.165) is 23.9 Å². The van der Waals surface area contributed by atoms with Crippen LogP contribution in [0.2, 0.25) is 0 Å². The zero-order chi connectivity index (χ0) is 15.0. The molecule has 0 spiro atoms. The van der Waals surface area contributed by atoms with Crippen LogP contribution in [0.1, 0.15) is 18.1 Å². The zero-order valence-corrected chi connectivity index (χ0v) is 12.6. The predicted molar refractivity (Wildman–Crippen MR) is 81.7 cm³/mol. The number of fused-ring (bicyclic) bond motifs is 2. The van der Waals surface area contributed by atoms with E-state index >= 15 is 0 Å². The van der Waals surface area contributed by atoms with Crippen LogP contribution < -0.4 is 0 Å². The number of benzene rings is 1. The fourth-order valence-corrected chi connectivity index (χ4v) is 2.77. The summed E-state index contributed by atoms with van der Waals surface area (Å²) in [6.07, 6.45) is 1.21. The second-order valence-corrected chi connectivity index (χ2v) is 5.56. The number of H-pyrrole nitrogens is 1. The van der Waals surface area contributed by atoms with Gasteiger partial charge in [-0.2, -0.15) is 0 Å². The summed E-state index contributed by atoms with van der Waals surface area (Å²) in [6, 6.07) is 4.06. The van der Waals surface area contributed by atoms with Gasteiger partial charge in [-0.3, -0.25) is 0 Å². The van der Waals surface area contributed by atoms with E-state index in [1.54, 1.807) is 11.8 Å². The van der Waals surface area contributed by atoms with Crippen LogP contribution in [0.3, 0.4) is 0 Å². The fraction of sp³-hybridized carbons (Fsp3) is 0.333. The number of hydrogen-bond acceptors (Lipinski definition) is 4. The van der Waals surface area contributed by atoms with E-state index in [2.05, 4.69) is 17.6 Å². The average Bonchev–Trinajstić information content (AvgIpc) is 2.63. The lowest BCUT2D eigenvalue weighted by molar-refractivity contribution is 0.131. The highest BCUT2D eigenvalue weighted by molar-refractivity contribution is 7.71. The number of hydrogen-bond donors (Lipinski definition) is 1. The van der Waals surface area contributed by atoms with Gasteiger partial charge in [0.05, 0.1) is 11.3 Å². The van der Waals surface area contributed by atoms with E-state index in [4.69, 9.17) is 21.4 Å². The van der Waals surface area contributed by atoms with Crippen LogP contribution >= 0.6 is 12.2 Å². The van der Waals surface area contributed by atoms with Gasteiger partial charge in [-0.15, -0.1) is 0 Å². The van der Waals surface area contributed by atoms with Crippen LogP contribution in [0.5, 0.6) is 0 Å². The Bertz CT molecular complexity index is 727. The summed E-state index contributed by atoms with van der Waals surface area (Å²) in [6.45, 7) is 6.51. The molecule has 5 nitrogen and oxygen atoms in total. The summed E-state index contributed by atoms with van der Waals surface area (Å²) in [5.74, 6) is 0.409. The van der Waals surface area contributed by atoms with E-state index in [1.165, 1.54) is 11.1 Å². The van der Waals surface area contributed by atoms with Crippen LogP contribution in [0, 0.1) is 4.84 Å². The van der Waals surface area contributed by atoms with Crippen LogP contribution in [-0.2, 0) is 17.6 Å². The van der Waals surface area contributed by atoms with Gasteiger partial charge in [-0.1, -0.05) is 6.58 Å². The van der Waals surface area contributed by atoms with Gasteiger partial charge in [-0.25, -0.2) is 4.79 Å². The molecule has 0 aliphatic carbocycles. The van der Waals surface area contributed by atoms with Crippen molar-refractivity contribution in [3.8, 4) is 0 Å². The number of rotatable bonds is 1. The Morgan fingerprint density at radius 1 is 1.38 bits per heavy atom. The number of aromatic amines is 1. The molecule has 6 heteroatoms. The minimum absolute atomic E-state index is 0.335. The van der Waals surface area contributed by atoms with Gasteiger partial charge in [0.15, 0.2) is 5.58 Å². The Labute approximate surface area is 127 Å². The van der Waals surface area contributed by atoms with Crippen molar-refractivity contribution in [1.29, 1.82) is 0 Å². The van der Waals surface area contributed by atoms with E-state index in [9.17, 15) is 4.79 Å². The molecular weight excluding hydrogens is 288 g/mol. The third kappa shape index (κ3) is 2.85. The van der Waals surface area contributed by atoms with Crippen LogP contribution in [0.15, 0.2) is 28.9 Å². The highest BCUT2D eigenvalue weighted by Gasteiger charge is 2.20. The summed E-state index contributed by atoms with van der Waals surface area (Å²) >= 11 is 5.01. The molecule has 1 amide bonds. The molecule has 1 aliphatic rings. The van der Waals surface area contributed by atoms with Crippen molar-refractivity contribution in [1.82, 2.24) is 9.88 Å². The van der Waals surface area contributed by atoms with E-state index in [0.29, 0.717) is 23.7 Å². The molecular formula is C15H16N2O3S. The zero-order valence-electron chi connectivity index (χ0n) is 11.8. The largest absolute Gasteiger partial charge is 0.429 e. The van der Waals surface area contributed by atoms with Gasteiger partial charge in [-0.05, 0) is 55.2 Å². The van der Waals surface area contributed by atoms with Crippen molar-refractivity contribution < 1.29 is 13.9 Å². The Morgan fingerprint density at radius 3 is 2.71 bits per heavy atom. The van der Waals surface area contributed by atoms with Gasteiger partial charge in [0.25, 0.3) is 4.84 Å². The first-order valence-electron chi connectivity index (χ1n) is 6.80. The van der Waals surface area contributed by atoms with Crippen LogP contribution in [-0.4, -0.2) is 29.1 Å². The van der Waals surface area contributed by atoms with Crippen LogP contribution in [0.25, 0.3) is 11.1 Å². The SMILES string of the molecule is C=C(C)OC(=O)N1CCc2cc3[nH]c(=S)oc3cc2CC1. The number of carbonyl (C=O) groups excluding carboxylic acids is 1. The third-order valence-electron chi connectivity index (χ3n) is 3.56. The number of amides is 1. The van der Waals surface area contributed by atoms with Crippen molar-refractivity contribution in [2.75, 3.05) is 13.1 Å². The molecule has 0 saturated carbocycles. The van der Waals surface area contributed by atoms with Crippen molar-refractivity contribution >= 4 is 29.4 Å². The standard InChI is InChI=1S/C15H16N2O3S/c1-9(2)19-15(18)17-5-3-10-7-12-13(20-14(21)16-12)8-11(10)4-6-17/h7-8H,1,3-6H2,2H3,(H,16,21). The molecule has 1 aromatic carbocycles. The second-order valence-electron chi connectivity index (χ2n) is 5.19. The summed E-state index contributed by atoms with van der Waals surface area (Å²) in [7, 11) is 0. The van der Waals surface area contributed by atoms with Gasteiger partial charge in [0, 0.05) is 13.1 Å². The highest BCUT2D eigenvalue weighted by Crippen LogP contribution is 2.23. The van der Waals surface area contributed by atoms with E-state index in [-0.39, 0.29) is 6.09 Å². The predicted octanol–water partition coefficient (Wildman–Crippen LogP) is 3.56. The lowest BCUT2D eigenvalue weighted by atomic mass is 10.0. The van der Waals surface area contributed by atoms with Gasteiger partial charge >= 0.3 is 6.09 Å². The first-order chi connectivity index (χ1) is 10.0. The summed E-state index contributed by atoms with van der Waals surface area (Å²) < 4.78 is 10.5. The monoisotopic (exact) mass is 304 g/mol. The Kier molecular flexibility index (Phi) is 3.55. The number of nitrogens with zero attached hydrogens (tertiary/aromatic N) is 1. The molecule has 0 saturated heterocycles. The molecule has 21 heavy (non-hydrogen) atoms. The molecule has 1 aromatic heterocycles. The molecule has 110 valence electrons. The molecule has 0 atom stereocenters. The van der Waals surface area contributed by atoms with Crippen molar-refractivity contribution in [2.45, 2.75) is 19.8 Å². The van der Waals surface area contributed by atoms with Gasteiger partial charge in [0.2, 0.25) is 0 Å². The lowest BCUT2D eigenvalue weighted by Gasteiger charge is -2.19. The number of allylic oxidation sites excluding steroid dienone is 1. The van der Waals surface area contributed by atoms with E-state index in [1.807, 2.05) is 6.07 Å². The number of nitrogens with one attached hydrogen (secondary N) is 1. The molecule has 0 fully saturated rings. The van der Waals surface area contributed by atoms with Crippen LogP contribution in [0.4, 0.5) is 4.79 Å². The number of ether oxygens (including phenoxy) is 1. The summed E-state index contributed by atoms with van der Waals surface area (Å²) in [5.41, 5.74) is 4.06. The Balaban J connectivity index is 1.84. The molecule has 2 aromatic rings.